The minimum Gasteiger partial charge on any atom is -0.508 e. The predicted molar refractivity (Wildman–Crippen MR) is 103 cm³/mol. The number of nitrogens with one attached hydrogen (secondary N) is 1. The van der Waals surface area contributed by atoms with Gasteiger partial charge in [-0.2, -0.15) is 0 Å². The van der Waals surface area contributed by atoms with Gasteiger partial charge in [0, 0.05) is 6.07 Å². The Morgan fingerprint density at radius 3 is 2.78 bits per heavy atom. The number of rotatable bonds is 5. The van der Waals surface area contributed by atoms with Crippen molar-refractivity contribution in [1.82, 2.24) is 5.32 Å². The molecular formula is C19H16N2O5S. The number of amidine groups is 1. The Hall–Kier alpha value is -3.26. The molecule has 0 aromatic heterocycles. The van der Waals surface area contributed by atoms with Crippen molar-refractivity contribution >= 4 is 40.6 Å². The first-order valence-electron chi connectivity index (χ1n) is 7.99. The minimum atomic E-state index is -1.06. The van der Waals surface area contributed by atoms with E-state index in [0.717, 1.165) is 0 Å². The van der Waals surface area contributed by atoms with Gasteiger partial charge in [-0.1, -0.05) is 18.2 Å². The number of carbonyl (C=O) groups excluding carboxylic acids is 1. The zero-order valence-electron chi connectivity index (χ0n) is 14.2. The summed E-state index contributed by atoms with van der Waals surface area (Å²) in [5.41, 5.74) is 1.22. The van der Waals surface area contributed by atoms with Crippen LogP contribution >= 0.6 is 11.8 Å². The Kier molecular flexibility index (Phi) is 5.46. The van der Waals surface area contributed by atoms with E-state index in [0.29, 0.717) is 27.1 Å². The zero-order valence-corrected chi connectivity index (χ0v) is 15.1. The standard InChI is InChI=1S/C19H16N2O5S/c1-11(18(24)25)26-15-7-2-4-12(8-15)9-16-17(23)21-19(27-16)20-13-5-3-6-14(22)10-13/h2-11,22H,1H3,(H,24,25)(H,20,21,23)/b16-9-. The number of hydrogen-bond donors (Lipinski definition) is 3. The number of carbonyl (C=O) groups is 2. The van der Waals surface area contributed by atoms with Crippen LogP contribution in [0.4, 0.5) is 5.69 Å². The van der Waals surface area contributed by atoms with Crippen LogP contribution in [0, 0.1) is 0 Å². The van der Waals surface area contributed by atoms with Gasteiger partial charge in [0.15, 0.2) is 11.3 Å². The number of aliphatic imine (C=N–C) groups is 1. The number of hydrogen-bond acceptors (Lipinski definition) is 6. The van der Waals surface area contributed by atoms with E-state index in [9.17, 15) is 14.7 Å². The van der Waals surface area contributed by atoms with E-state index in [-0.39, 0.29) is 11.7 Å². The SMILES string of the molecule is CC(Oc1cccc(/C=C2\SC(=Nc3cccc(O)c3)NC2=O)c1)C(=O)O. The third kappa shape index (κ3) is 4.89. The molecule has 1 atom stereocenters. The van der Waals surface area contributed by atoms with Crippen LogP contribution < -0.4 is 10.1 Å². The molecule has 1 aliphatic heterocycles. The molecule has 1 aliphatic rings. The topological polar surface area (TPSA) is 108 Å². The van der Waals surface area contributed by atoms with Crippen LogP contribution in [0.2, 0.25) is 0 Å². The number of aliphatic carboxylic acids is 1. The molecule has 0 bridgehead atoms. The molecule has 8 heteroatoms. The number of nitrogens with zero attached hydrogens (tertiary/aromatic N) is 1. The zero-order chi connectivity index (χ0) is 19.4. The fraction of sp³-hybridized carbons (Fsp3) is 0.105. The Balaban J connectivity index is 1.77. The van der Waals surface area contributed by atoms with Gasteiger partial charge in [0.2, 0.25) is 0 Å². The van der Waals surface area contributed by atoms with Crippen molar-refractivity contribution in [3.63, 3.8) is 0 Å². The summed E-state index contributed by atoms with van der Waals surface area (Å²) in [4.78, 5) is 27.8. The van der Waals surface area contributed by atoms with Crippen molar-refractivity contribution in [2.75, 3.05) is 0 Å². The molecule has 2 aromatic rings. The maximum Gasteiger partial charge on any atom is 0.344 e. The lowest BCUT2D eigenvalue weighted by Crippen LogP contribution is -2.22. The second-order valence-corrected chi connectivity index (χ2v) is 6.70. The summed E-state index contributed by atoms with van der Waals surface area (Å²) in [7, 11) is 0. The van der Waals surface area contributed by atoms with Crippen molar-refractivity contribution < 1.29 is 24.5 Å². The van der Waals surface area contributed by atoms with Crippen molar-refractivity contribution in [2.24, 2.45) is 4.99 Å². The second kappa shape index (κ2) is 7.96. The third-order valence-corrected chi connectivity index (χ3v) is 4.44. The molecule has 3 rings (SSSR count). The van der Waals surface area contributed by atoms with Crippen LogP contribution in [0.1, 0.15) is 12.5 Å². The molecular weight excluding hydrogens is 368 g/mol. The van der Waals surface area contributed by atoms with Crippen LogP contribution in [0.25, 0.3) is 6.08 Å². The maximum absolute atomic E-state index is 12.2. The van der Waals surface area contributed by atoms with Gasteiger partial charge < -0.3 is 20.3 Å². The van der Waals surface area contributed by atoms with Crippen LogP contribution in [0.5, 0.6) is 11.5 Å². The number of thioether (sulfide) groups is 1. The number of amides is 1. The Morgan fingerprint density at radius 2 is 2.04 bits per heavy atom. The number of benzene rings is 2. The highest BCUT2D eigenvalue weighted by atomic mass is 32.2. The molecule has 0 radical (unpaired) electrons. The fourth-order valence-corrected chi connectivity index (χ4v) is 3.09. The number of aromatic hydroxyl groups is 1. The number of phenolic OH excluding ortho intramolecular Hbond substituents is 1. The highest BCUT2D eigenvalue weighted by molar-refractivity contribution is 8.18. The lowest BCUT2D eigenvalue weighted by Gasteiger charge is -2.10. The highest BCUT2D eigenvalue weighted by Gasteiger charge is 2.24. The minimum absolute atomic E-state index is 0.0920. The quantitative estimate of drug-likeness (QED) is 0.684. The van der Waals surface area contributed by atoms with E-state index in [1.54, 1.807) is 42.5 Å². The van der Waals surface area contributed by atoms with E-state index < -0.39 is 12.1 Å². The van der Waals surface area contributed by atoms with Gasteiger partial charge in [-0.05, 0) is 54.6 Å². The van der Waals surface area contributed by atoms with Crippen LogP contribution in [0.3, 0.4) is 0 Å². The number of carboxylic acids is 1. The molecule has 7 nitrogen and oxygen atoms in total. The summed E-state index contributed by atoms with van der Waals surface area (Å²) in [6.45, 7) is 1.44. The number of phenols is 1. The molecule has 1 saturated heterocycles. The van der Waals surface area contributed by atoms with Gasteiger partial charge in [0.1, 0.15) is 11.5 Å². The molecule has 1 fully saturated rings. The second-order valence-electron chi connectivity index (χ2n) is 5.67. The first-order chi connectivity index (χ1) is 12.9. The molecule has 1 amide bonds. The van der Waals surface area contributed by atoms with Crippen molar-refractivity contribution in [3.05, 3.63) is 59.0 Å². The summed E-state index contributed by atoms with van der Waals surface area (Å²) >= 11 is 1.17. The first-order valence-corrected chi connectivity index (χ1v) is 8.80. The average Bonchev–Trinajstić information content (AvgIpc) is 2.94. The van der Waals surface area contributed by atoms with Gasteiger partial charge >= 0.3 is 5.97 Å². The molecule has 1 heterocycles. The van der Waals surface area contributed by atoms with Crippen molar-refractivity contribution in [1.29, 1.82) is 0 Å². The van der Waals surface area contributed by atoms with Crippen LogP contribution in [-0.4, -0.2) is 33.4 Å². The molecule has 3 N–H and O–H groups in total. The lowest BCUT2D eigenvalue weighted by atomic mass is 10.2. The maximum atomic E-state index is 12.2. The van der Waals surface area contributed by atoms with E-state index in [2.05, 4.69) is 10.3 Å². The first kappa shape index (κ1) is 18.5. The molecule has 0 aliphatic carbocycles. The van der Waals surface area contributed by atoms with Gasteiger partial charge in [0.05, 0.1) is 10.6 Å². The Labute approximate surface area is 159 Å². The molecule has 27 heavy (non-hydrogen) atoms. The summed E-state index contributed by atoms with van der Waals surface area (Å²) in [6, 6.07) is 13.2. The van der Waals surface area contributed by atoms with E-state index in [1.165, 1.54) is 30.8 Å². The third-order valence-electron chi connectivity index (χ3n) is 3.53. The normalized spacial score (nSPS) is 17.7. The van der Waals surface area contributed by atoms with Gasteiger partial charge in [-0.25, -0.2) is 9.79 Å². The molecule has 0 spiro atoms. The average molecular weight is 384 g/mol. The van der Waals surface area contributed by atoms with Gasteiger partial charge in [-0.3, -0.25) is 4.79 Å². The van der Waals surface area contributed by atoms with Crippen LogP contribution in [-0.2, 0) is 9.59 Å². The Bertz CT molecular complexity index is 955. The van der Waals surface area contributed by atoms with Crippen molar-refractivity contribution in [3.8, 4) is 11.5 Å². The summed E-state index contributed by atoms with van der Waals surface area (Å²) in [5, 5.41) is 21.5. The summed E-state index contributed by atoms with van der Waals surface area (Å²) < 4.78 is 5.34. The highest BCUT2D eigenvalue weighted by Crippen LogP contribution is 2.29. The summed E-state index contributed by atoms with van der Waals surface area (Å²) in [5.74, 6) is -0.855. The lowest BCUT2D eigenvalue weighted by molar-refractivity contribution is -0.144. The molecule has 2 aromatic carbocycles. The molecule has 138 valence electrons. The van der Waals surface area contributed by atoms with E-state index in [1.807, 2.05) is 0 Å². The van der Waals surface area contributed by atoms with Crippen molar-refractivity contribution in [2.45, 2.75) is 13.0 Å². The Morgan fingerprint density at radius 1 is 1.26 bits per heavy atom. The van der Waals surface area contributed by atoms with E-state index >= 15 is 0 Å². The fourth-order valence-electron chi connectivity index (χ4n) is 2.24. The molecule has 1 unspecified atom stereocenters. The number of ether oxygens (including phenoxy) is 1. The molecule has 0 saturated carbocycles. The largest absolute Gasteiger partial charge is 0.508 e. The predicted octanol–water partition coefficient (Wildman–Crippen LogP) is 3.14. The van der Waals surface area contributed by atoms with E-state index in [4.69, 9.17) is 9.84 Å². The monoisotopic (exact) mass is 384 g/mol. The van der Waals surface area contributed by atoms with Gasteiger partial charge in [0.25, 0.3) is 5.91 Å². The number of carboxylic acid groups (broad SMARTS) is 1. The smallest absolute Gasteiger partial charge is 0.344 e. The summed E-state index contributed by atoms with van der Waals surface area (Å²) in [6.07, 6.45) is 0.696. The van der Waals surface area contributed by atoms with Gasteiger partial charge in [-0.15, -0.1) is 0 Å². The van der Waals surface area contributed by atoms with Crippen LogP contribution in [0.15, 0.2) is 58.4 Å².